The van der Waals surface area contributed by atoms with Crippen LogP contribution in [0.5, 0.6) is 11.5 Å². The van der Waals surface area contributed by atoms with Gasteiger partial charge in [-0.2, -0.15) is 0 Å². The summed E-state index contributed by atoms with van der Waals surface area (Å²) in [4.78, 5) is 24.8. The Kier molecular flexibility index (Phi) is 6.26. The van der Waals surface area contributed by atoms with Crippen molar-refractivity contribution in [3.8, 4) is 22.6 Å². The molecule has 1 saturated carbocycles. The lowest BCUT2D eigenvalue weighted by Gasteiger charge is -2.32. The average Bonchev–Trinajstić information content (AvgIpc) is 3.06. The fourth-order valence-electron chi connectivity index (χ4n) is 4.49. The maximum absolute atomic E-state index is 12.8. The van der Waals surface area contributed by atoms with E-state index in [4.69, 9.17) is 18.6 Å². The lowest BCUT2D eigenvalue weighted by Crippen LogP contribution is -2.38. The molecule has 1 aliphatic carbocycles. The third-order valence-electron chi connectivity index (χ3n) is 6.66. The van der Waals surface area contributed by atoms with E-state index < -0.39 is 5.63 Å². The van der Waals surface area contributed by atoms with Crippen molar-refractivity contribution >= 4 is 16.9 Å². The molecular weight excluding hydrogens is 432 g/mol. The Hall–Kier alpha value is -3.54. The van der Waals surface area contributed by atoms with Gasteiger partial charge in [-0.1, -0.05) is 26.5 Å². The summed E-state index contributed by atoms with van der Waals surface area (Å²) < 4.78 is 22.8. The minimum absolute atomic E-state index is 0.152. The van der Waals surface area contributed by atoms with Gasteiger partial charge in [0, 0.05) is 22.4 Å². The maximum Gasteiger partial charge on any atom is 0.344 e. The zero-order valence-corrected chi connectivity index (χ0v) is 20.3. The van der Waals surface area contributed by atoms with Crippen molar-refractivity contribution < 1.29 is 23.4 Å². The summed E-state index contributed by atoms with van der Waals surface area (Å²) in [6.07, 6.45) is 1.05. The van der Waals surface area contributed by atoms with Gasteiger partial charge in [0.25, 0.3) is 0 Å². The molecule has 0 bridgehead atoms. The Morgan fingerprint density at radius 3 is 2.41 bits per heavy atom. The predicted molar refractivity (Wildman–Crippen MR) is 131 cm³/mol. The molecule has 0 radical (unpaired) electrons. The third kappa shape index (κ3) is 4.45. The number of hydrogen-bond donors (Lipinski definition) is 0. The number of carbonyl (C=O) groups is 1. The van der Waals surface area contributed by atoms with Crippen molar-refractivity contribution in [3.05, 3.63) is 70.6 Å². The predicted octanol–water partition coefficient (Wildman–Crippen LogP) is 5.83. The Bertz CT molecular complexity index is 1320. The van der Waals surface area contributed by atoms with Crippen LogP contribution in [-0.2, 0) is 9.53 Å². The molecule has 1 aliphatic rings. The van der Waals surface area contributed by atoms with E-state index >= 15 is 0 Å². The highest BCUT2D eigenvalue weighted by molar-refractivity contribution is 5.87. The Balaban J connectivity index is 1.58. The van der Waals surface area contributed by atoms with E-state index in [1.165, 1.54) is 0 Å². The van der Waals surface area contributed by atoms with Gasteiger partial charge in [-0.3, -0.25) is 0 Å². The number of esters is 1. The Labute approximate surface area is 199 Å². The first-order valence-electron chi connectivity index (χ1n) is 11.4. The molecule has 2 unspecified atom stereocenters. The van der Waals surface area contributed by atoms with Crippen LogP contribution in [0.1, 0.15) is 39.2 Å². The molecule has 6 heteroatoms. The molecule has 3 aromatic rings. The van der Waals surface area contributed by atoms with Crippen LogP contribution in [0.3, 0.4) is 0 Å². The molecule has 0 amide bonds. The quantitative estimate of drug-likeness (QED) is 0.261. The number of fused-ring (bicyclic) bond motifs is 1. The zero-order chi connectivity index (χ0) is 24.6. The molecule has 1 fully saturated rings. The molecule has 0 aliphatic heterocycles. The van der Waals surface area contributed by atoms with Gasteiger partial charge in [-0.25, -0.2) is 9.59 Å². The fourth-order valence-corrected chi connectivity index (χ4v) is 4.49. The van der Waals surface area contributed by atoms with Gasteiger partial charge in [0.05, 0.1) is 12.7 Å². The maximum atomic E-state index is 12.8. The van der Waals surface area contributed by atoms with Crippen molar-refractivity contribution in [2.45, 2.75) is 52.7 Å². The number of rotatable bonds is 6. The van der Waals surface area contributed by atoms with Crippen molar-refractivity contribution in [2.75, 3.05) is 7.11 Å². The second-order valence-corrected chi connectivity index (χ2v) is 9.51. The van der Waals surface area contributed by atoms with Crippen molar-refractivity contribution in [1.82, 2.24) is 0 Å². The summed E-state index contributed by atoms with van der Waals surface area (Å²) in [7, 11) is 1.61. The number of carbonyl (C=O) groups excluding carboxylic acids is 1. The highest BCUT2D eigenvalue weighted by Crippen LogP contribution is 2.42. The molecule has 0 spiro atoms. The van der Waals surface area contributed by atoms with Gasteiger partial charge in [-0.05, 0) is 68.1 Å². The molecule has 6 nitrogen and oxygen atoms in total. The molecule has 0 N–H and O–H groups in total. The number of aryl methyl sites for hydroxylation is 1. The van der Waals surface area contributed by atoms with Crippen molar-refractivity contribution in [3.63, 3.8) is 0 Å². The normalized spacial score (nSPS) is 19.1. The number of benzene rings is 2. The molecule has 4 rings (SSSR count). The molecule has 2 aromatic carbocycles. The summed E-state index contributed by atoms with van der Waals surface area (Å²) in [6.45, 7) is 11.3. The summed E-state index contributed by atoms with van der Waals surface area (Å²) in [5.74, 6) is 0.961. The SMILES string of the molecule is C=C(C)C(=O)OC1CCC(Oc2ccc3cc(-c4ccc(OC)cc4C)c(=O)oc3c2)C1(C)C. The van der Waals surface area contributed by atoms with Crippen LogP contribution in [0.15, 0.2) is 63.8 Å². The number of methoxy groups -OCH3 is 1. The second kappa shape index (κ2) is 9.01. The third-order valence-corrected chi connectivity index (χ3v) is 6.66. The van der Waals surface area contributed by atoms with Crippen molar-refractivity contribution in [1.29, 1.82) is 0 Å². The molecule has 0 saturated heterocycles. The van der Waals surface area contributed by atoms with Gasteiger partial charge in [-0.15, -0.1) is 0 Å². The molecule has 1 heterocycles. The van der Waals surface area contributed by atoms with Gasteiger partial charge in [0.15, 0.2) is 0 Å². The van der Waals surface area contributed by atoms with Crippen LogP contribution in [-0.4, -0.2) is 25.3 Å². The van der Waals surface area contributed by atoms with E-state index in [2.05, 4.69) is 6.58 Å². The summed E-state index contributed by atoms with van der Waals surface area (Å²) >= 11 is 0. The van der Waals surface area contributed by atoms with E-state index in [1.54, 1.807) is 20.1 Å². The van der Waals surface area contributed by atoms with Gasteiger partial charge < -0.3 is 18.6 Å². The summed E-state index contributed by atoms with van der Waals surface area (Å²) in [5, 5.41) is 0.802. The topological polar surface area (TPSA) is 75.0 Å². The van der Waals surface area contributed by atoms with Crippen LogP contribution in [0.25, 0.3) is 22.1 Å². The fraction of sp³-hybridized carbons (Fsp3) is 0.357. The van der Waals surface area contributed by atoms with Gasteiger partial charge in [0.2, 0.25) is 0 Å². The second-order valence-electron chi connectivity index (χ2n) is 9.51. The van der Waals surface area contributed by atoms with Crippen LogP contribution < -0.4 is 15.1 Å². The van der Waals surface area contributed by atoms with E-state index in [9.17, 15) is 9.59 Å². The lowest BCUT2D eigenvalue weighted by atomic mass is 9.86. The minimum atomic E-state index is -0.411. The van der Waals surface area contributed by atoms with Crippen LogP contribution in [0.2, 0.25) is 0 Å². The zero-order valence-electron chi connectivity index (χ0n) is 20.3. The monoisotopic (exact) mass is 462 g/mol. The average molecular weight is 463 g/mol. The first-order chi connectivity index (χ1) is 16.1. The first-order valence-corrected chi connectivity index (χ1v) is 11.4. The minimum Gasteiger partial charge on any atom is -0.497 e. The highest BCUT2D eigenvalue weighted by Gasteiger charge is 2.47. The Morgan fingerprint density at radius 1 is 1.03 bits per heavy atom. The smallest absolute Gasteiger partial charge is 0.344 e. The molecular formula is C28H30O6. The van der Waals surface area contributed by atoms with Crippen LogP contribution in [0.4, 0.5) is 0 Å². The molecule has 34 heavy (non-hydrogen) atoms. The lowest BCUT2D eigenvalue weighted by molar-refractivity contribution is -0.150. The summed E-state index contributed by atoms with van der Waals surface area (Å²) in [5.41, 5.74) is 2.28. The Morgan fingerprint density at radius 2 is 1.74 bits per heavy atom. The van der Waals surface area contributed by atoms with Crippen LogP contribution >= 0.6 is 0 Å². The molecule has 1 aromatic heterocycles. The first kappa shape index (κ1) is 23.6. The van der Waals surface area contributed by atoms with Gasteiger partial charge in [0.1, 0.15) is 29.3 Å². The van der Waals surface area contributed by atoms with Gasteiger partial charge >= 0.3 is 11.6 Å². The van der Waals surface area contributed by atoms with Crippen LogP contribution in [0, 0.1) is 12.3 Å². The van der Waals surface area contributed by atoms with Crippen molar-refractivity contribution in [2.24, 2.45) is 5.41 Å². The number of hydrogen-bond acceptors (Lipinski definition) is 6. The van der Waals surface area contributed by atoms with E-state index in [0.29, 0.717) is 28.9 Å². The molecule has 178 valence electrons. The highest BCUT2D eigenvalue weighted by atomic mass is 16.6. The standard InChI is InChI=1S/C28H30O6/c1-16(2)26(29)34-25-12-11-24(28(25,4)5)32-20-8-7-18-14-22(27(30)33-23(18)15-20)21-10-9-19(31-6)13-17(21)3/h7-10,13-15,24-25H,1,11-12H2,2-6H3. The van der Waals surface area contributed by atoms with E-state index in [1.807, 2.05) is 57.2 Å². The van der Waals surface area contributed by atoms with E-state index in [0.717, 1.165) is 28.7 Å². The van der Waals surface area contributed by atoms with E-state index in [-0.39, 0.29) is 23.6 Å². The molecule has 2 atom stereocenters. The summed E-state index contributed by atoms with van der Waals surface area (Å²) in [6, 6.07) is 12.9. The largest absolute Gasteiger partial charge is 0.497 e. The number of ether oxygens (including phenoxy) is 3.